The molecule has 1 heterocycles. The van der Waals surface area contributed by atoms with E-state index < -0.39 is 0 Å². The maximum Gasteiger partial charge on any atom is 0.254 e. The Morgan fingerprint density at radius 1 is 1.60 bits per heavy atom. The number of nitrogens with one attached hydrogen (secondary N) is 2. The third-order valence-corrected chi connectivity index (χ3v) is 1.81. The lowest BCUT2D eigenvalue weighted by Crippen LogP contribution is -2.34. The van der Waals surface area contributed by atoms with Crippen molar-refractivity contribution in [1.82, 2.24) is 10.6 Å². The van der Waals surface area contributed by atoms with E-state index in [1.807, 2.05) is 0 Å². The monoisotopic (exact) mass is 212 g/mol. The van der Waals surface area contributed by atoms with Crippen molar-refractivity contribution in [3.8, 4) is 0 Å². The topological polar surface area (TPSA) is 74.5 Å². The molecule has 5 nitrogen and oxygen atoms in total. The van der Waals surface area contributed by atoms with Crippen LogP contribution in [0.1, 0.15) is 17.3 Å². The normalized spacial score (nSPS) is 12.4. The summed E-state index contributed by atoms with van der Waals surface area (Å²) in [6.45, 7) is 3.39. The molecule has 0 aliphatic carbocycles. The first-order valence-corrected chi connectivity index (χ1v) is 4.89. The molecule has 15 heavy (non-hydrogen) atoms. The van der Waals surface area contributed by atoms with Crippen LogP contribution in [0.25, 0.3) is 0 Å². The number of furan rings is 1. The van der Waals surface area contributed by atoms with Gasteiger partial charge in [0, 0.05) is 19.6 Å². The fourth-order valence-corrected chi connectivity index (χ4v) is 1.07. The lowest BCUT2D eigenvalue weighted by molar-refractivity contribution is 0.0953. The smallest absolute Gasteiger partial charge is 0.254 e. The molecule has 1 rings (SSSR count). The van der Waals surface area contributed by atoms with Crippen molar-refractivity contribution in [3.63, 3.8) is 0 Å². The molecule has 0 saturated heterocycles. The molecule has 0 saturated carbocycles. The van der Waals surface area contributed by atoms with E-state index in [4.69, 9.17) is 9.52 Å². The zero-order chi connectivity index (χ0) is 11.1. The van der Waals surface area contributed by atoms with Crippen molar-refractivity contribution < 1.29 is 14.3 Å². The lowest BCUT2D eigenvalue weighted by atomic mass is 10.3. The van der Waals surface area contributed by atoms with Crippen LogP contribution >= 0.6 is 0 Å². The van der Waals surface area contributed by atoms with Crippen molar-refractivity contribution in [1.29, 1.82) is 0 Å². The summed E-state index contributed by atoms with van der Waals surface area (Å²) in [6.07, 6.45) is 2.49. The van der Waals surface area contributed by atoms with Crippen LogP contribution in [-0.4, -0.2) is 36.8 Å². The summed E-state index contributed by atoms with van der Waals surface area (Å²) in [5.74, 6) is -0.150. The van der Waals surface area contributed by atoms with Gasteiger partial charge >= 0.3 is 0 Å². The minimum absolute atomic E-state index is 0.150. The molecule has 0 aliphatic rings. The van der Waals surface area contributed by atoms with E-state index in [2.05, 4.69) is 10.6 Å². The third kappa shape index (κ3) is 4.62. The minimum atomic E-state index is -0.366. The zero-order valence-corrected chi connectivity index (χ0v) is 8.69. The number of hydrogen-bond donors (Lipinski definition) is 3. The highest BCUT2D eigenvalue weighted by Gasteiger charge is 2.04. The number of aliphatic hydroxyl groups is 1. The molecular formula is C10H16N2O3. The summed E-state index contributed by atoms with van der Waals surface area (Å²) in [6, 6.07) is 1.61. The Kier molecular flexibility index (Phi) is 4.86. The number of amides is 1. The lowest BCUT2D eigenvalue weighted by Gasteiger charge is -2.07. The molecule has 84 valence electrons. The van der Waals surface area contributed by atoms with E-state index in [-0.39, 0.29) is 12.0 Å². The van der Waals surface area contributed by atoms with Gasteiger partial charge in [0.1, 0.15) is 6.26 Å². The maximum absolute atomic E-state index is 11.4. The quantitative estimate of drug-likeness (QED) is 0.579. The third-order valence-electron chi connectivity index (χ3n) is 1.81. The minimum Gasteiger partial charge on any atom is -0.472 e. The molecule has 1 aromatic heterocycles. The highest BCUT2D eigenvalue weighted by molar-refractivity contribution is 5.93. The van der Waals surface area contributed by atoms with E-state index in [1.165, 1.54) is 12.5 Å². The SMILES string of the molecule is CC(O)CNCCNC(=O)c1ccoc1. The molecule has 0 bridgehead atoms. The van der Waals surface area contributed by atoms with E-state index in [1.54, 1.807) is 13.0 Å². The van der Waals surface area contributed by atoms with Gasteiger partial charge in [-0.15, -0.1) is 0 Å². The molecule has 0 spiro atoms. The van der Waals surface area contributed by atoms with E-state index in [0.717, 1.165) is 0 Å². The Labute approximate surface area is 88.5 Å². The van der Waals surface area contributed by atoms with Crippen LogP contribution in [0.15, 0.2) is 23.0 Å². The molecule has 1 unspecified atom stereocenters. The fourth-order valence-electron chi connectivity index (χ4n) is 1.07. The van der Waals surface area contributed by atoms with Gasteiger partial charge in [-0.3, -0.25) is 4.79 Å². The van der Waals surface area contributed by atoms with Crippen LogP contribution in [0.3, 0.4) is 0 Å². The Morgan fingerprint density at radius 2 is 2.40 bits per heavy atom. The number of carbonyl (C=O) groups is 1. The van der Waals surface area contributed by atoms with Crippen LogP contribution in [0.4, 0.5) is 0 Å². The Hall–Kier alpha value is -1.33. The fraction of sp³-hybridized carbons (Fsp3) is 0.500. The summed E-state index contributed by atoms with van der Waals surface area (Å²) in [5, 5.41) is 14.7. The summed E-state index contributed by atoms with van der Waals surface area (Å²) < 4.78 is 4.79. The second-order valence-electron chi connectivity index (χ2n) is 3.32. The molecule has 0 radical (unpaired) electrons. The largest absolute Gasteiger partial charge is 0.472 e. The van der Waals surface area contributed by atoms with Crippen LogP contribution in [0.2, 0.25) is 0 Å². The second kappa shape index (κ2) is 6.21. The molecule has 0 aromatic carbocycles. The molecule has 0 aliphatic heterocycles. The van der Waals surface area contributed by atoms with Crippen LogP contribution < -0.4 is 10.6 Å². The first kappa shape index (κ1) is 11.7. The van der Waals surface area contributed by atoms with Gasteiger partial charge in [0.05, 0.1) is 17.9 Å². The second-order valence-corrected chi connectivity index (χ2v) is 3.32. The summed E-state index contributed by atoms with van der Waals surface area (Å²) in [5.41, 5.74) is 0.519. The van der Waals surface area contributed by atoms with Gasteiger partial charge in [-0.25, -0.2) is 0 Å². The molecule has 5 heteroatoms. The first-order valence-electron chi connectivity index (χ1n) is 4.89. The zero-order valence-electron chi connectivity index (χ0n) is 8.69. The van der Waals surface area contributed by atoms with Gasteiger partial charge in [-0.1, -0.05) is 0 Å². The number of carbonyl (C=O) groups excluding carboxylic acids is 1. The Morgan fingerprint density at radius 3 is 3.00 bits per heavy atom. The number of hydrogen-bond acceptors (Lipinski definition) is 4. The molecular weight excluding hydrogens is 196 g/mol. The molecule has 0 fully saturated rings. The maximum atomic E-state index is 11.4. The highest BCUT2D eigenvalue weighted by atomic mass is 16.3. The molecule has 1 atom stereocenters. The van der Waals surface area contributed by atoms with Crippen LogP contribution in [0.5, 0.6) is 0 Å². The predicted octanol–water partition coefficient (Wildman–Crippen LogP) is -0.0202. The van der Waals surface area contributed by atoms with Crippen molar-refractivity contribution in [2.45, 2.75) is 13.0 Å². The molecule has 1 aromatic rings. The van der Waals surface area contributed by atoms with Crippen molar-refractivity contribution in [3.05, 3.63) is 24.2 Å². The number of aliphatic hydroxyl groups excluding tert-OH is 1. The molecule has 3 N–H and O–H groups in total. The average molecular weight is 212 g/mol. The average Bonchev–Trinajstić information content (AvgIpc) is 2.69. The van der Waals surface area contributed by atoms with Gasteiger partial charge in [-0.2, -0.15) is 0 Å². The highest BCUT2D eigenvalue weighted by Crippen LogP contribution is 1.98. The van der Waals surface area contributed by atoms with Crippen LogP contribution in [-0.2, 0) is 0 Å². The first-order chi connectivity index (χ1) is 7.20. The van der Waals surface area contributed by atoms with Gasteiger partial charge < -0.3 is 20.2 Å². The van der Waals surface area contributed by atoms with Crippen molar-refractivity contribution >= 4 is 5.91 Å². The summed E-state index contributed by atoms with van der Waals surface area (Å²) >= 11 is 0. The molecule has 1 amide bonds. The Balaban J connectivity index is 2.08. The Bertz CT molecular complexity index is 283. The van der Waals surface area contributed by atoms with Gasteiger partial charge in [0.25, 0.3) is 5.91 Å². The van der Waals surface area contributed by atoms with E-state index >= 15 is 0 Å². The summed E-state index contributed by atoms with van der Waals surface area (Å²) in [7, 11) is 0. The predicted molar refractivity (Wildman–Crippen MR) is 55.6 cm³/mol. The number of rotatable bonds is 6. The van der Waals surface area contributed by atoms with Crippen LogP contribution in [0, 0.1) is 0 Å². The van der Waals surface area contributed by atoms with Gasteiger partial charge in [0.2, 0.25) is 0 Å². The van der Waals surface area contributed by atoms with Gasteiger partial charge in [0.15, 0.2) is 0 Å². The van der Waals surface area contributed by atoms with Crippen molar-refractivity contribution in [2.24, 2.45) is 0 Å². The van der Waals surface area contributed by atoms with Gasteiger partial charge in [-0.05, 0) is 13.0 Å². The van der Waals surface area contributed by atoms with E-state index in [9.17, 15) is 4.79 Å². The van der Waals surface area contributed by atoms with Crippen molar-refractivity contribution in [2.75, 3.05) is 19.6 Å². The summed E-state index contributed by atoms with van der Waals surface area (Å²) in [4.78, 5) is 11.4. The standard InChI is InChI=1S/C10H16N2O3/c1-8(13)6-11-3-4-12-10(14)9-2-5-15-7-9/h2,5,7-8,11,13H,3-4,6H2,1H3,(H,12,14). The van der Waals surface area contributed by atoms with E-state index in [0.29, 0.717) is 25.2 Å².